The molecule has 0 saturated heterocycles. The topological polar surface area (TPSA) is 114 Å². The SMILES string of the molecule is COC(=O)CNC(=O)C(c1ccccc1)N(C(=O)C(CCSC)NC(=O)OC(C)(C)C)C1CC1. The lowest BCUT2D eigenvalue weighted by Crippen LogP contribution is -2.54. The Morgan fingerprint density at radius 2 is 1.79 bits per heavy atom. The number of amides is 3. The molecule has 1 aromatic carbocycles. The van der Waals surface area contributed by atoms with Crippen LogP contribution < -0.4 is 10.6 Å². The highest BCUT2D eigenvalue weighted by molar-refractivity contribution is 7.98. The number of ether oxygens (including phenoxy) is 2. The van der Waals surface area contributed by atoms with Gasteiger partial charge in [0.25, 0.3) is 0 Å². The van der Waals surface area contributed by atoms with Crippen LogP contribution in [0.4, 0.5) is 4.79 Å². The minimum absolute atomic E-state index is 0.140. The predicted molar refractivity (Wildman–Crippen MR) is 130 cm³/mol. The minimum atomic E-state index is -0.955. The summed E-state index contributed by atoms with van der Waals surface area (Å²) in [6, 6.07) is 6.98. The number of carbonyl (C=O) groups is 4. The number of nitrogens with zero attached hydrogens (tertiary/aromatic N) is 1. The molecule has 3 amide bonds. The van der Waals surface area contributed by atoms with Crippen molar-refractivity contribution < 1.29 is 28.7 Å². The van der Waals surface area contributed by atoms with Gasteiger partial charge in [-0.2, -0.15) is 11.8 Å². The number of rotatable bonds is 11. The molecule has 0 radical (unpaired) electrons. The molecule has 1 aliphatic carbocycles. The van der Waals surface area contributed by atoms with Gasteiger partial charge in [-0.25, -0.2) is 4.79 Å². The number of benzene rings is 1. The lowest BCUT2D eigenvalue weighted by Gasteiger charge is -2.34. The second kappa shape index (κ2) is 12.6. The summed E-state index contributed by atoms with van der Waals surface area (Å²) in [6.45, 7) is 4.94. The fraction of sp³-hybridized carbons (Fsp3) is 0.583. The van der Waals surface area contributed by atoms with Crippen molar-refractivity contribution in [3.8, 4) is 0 Å². The summed E-state index contributed by atoms with van der Waals surface area (Å²) in [6.07, 6.45) is 3.12. The van der Waals surface area contributed by atoms with Crippen LogP contribution in [0.2, 0.25) is 0 Å². The molecule has 1 aliphatic rings. The van der Waals surface area contributed by atoms with Crippen molar-refractivity contribution in [3.05, 3.63) is 35.9 Å². The minimum Gasteiger partial charge on any atom is -0.468 e. The van der Waals surface area contributed by atoms with E-state index in [1.807, 2.05) is 12.3 Å². The van der Waals surface area contributed by atoms with Crippen LogP contribution in [-0.4, -0.2) is 72.1 Å². The Kier molecular flexibility index (Phi) is 10.2. The van der Waals surface area contributed by atoms with Gasteiger partial charge in [-0.1, -0.05) is 30.3 Å². The third-order valence-corrected chi connectivity index (χ3v) is 5.71. The Balaban J connectivity index is 2.35. The van der Waals surface area contributed by atoms with Crippen LogP contribution in [0.25, 0.3) is 0 Å². The first-order valence-electron chi connectivity index (χ1n) is 11.3. The van der Waals surface area contributed by atoms with E-state index in [-0.39, 0.29) is 18.5 Å². The fourth-order valence-electron chi connectivity index (χ4n) is 3.40. The van der Waals surface area contributed by atoms with E-state index in [0.717, 1.165) is 12.8 Å². The number of alkyl carbamates (subject to hydrolysis) is 1. The van der Waals surface area contributed by atoms with Gasteiger partial charge in [0, 0.05) is 6.04 Å². The second-order valence-corrected chi connectivity index (χ2v) is 10.0. The third-order valence-electron chi connectivity index (χ3n) is 5.07. The molecule has 1 aromatic rings. The Hall–Kier alpha value is -2.75. The number of hydrogen-bond donors (Lipinski definition) is 2. The van der Waals surface area contributed by atoms with Gasteiger partial charge >= 0.3 is 12.1 Å². The van der Waals surface area contributed by atoms with Crippen LogP contribution in [0.5, 0.6) is 0 Å². The van der Waals surface area contributed by atoms with Crippen molar-refractivity contribution in [1.82, 2.24) is 15.5 Å². The summed E-state index contributed by atoms with van der Waals surface area (Å²) in [7, 11) is 1.24. The molecule has 188 valence electrons. The Labute approximate surface area is 205 Å². The second-order valence-electron chi connectivity index (χ2n) is 9.06. The largest absolute Gasteiger partial charge is 0.468 e. The number of esters is 1. The van der Waals surface area contributed by atoms with Crippen molar-refractivity contribution >= 4 is 35.6 Å². The van der Waals surface area contributed by atoms with Gasteiger partial charge in [0.2, 0.25) is 11.8 Å². The Bertz CT molecular complexity index is 854. The van der Waals surface area contributed by atoms with E-state index in [1.54, 1.807) is 61.7 Å². The summed E-state index contributed by atoms with van der Waals surface area (Å²) in [5.74, 6) is -0.800. The van der Waals surface area contributed by atoms with Crippen molar-refractivity contribution in [1.29, 1.82) is 0 Å². The van der Waals surface area contributed by atoms with Crippen LogP contribution in [0, 0.1) is 0 Å². The van der Waals surface area contributed by atoms with Crippen LogP contribution in [0.3, 0.4) is 0 Å². The first-order valence-corrected chi connectivity index (χ1v) is 12.7. The maximum absolute atomic E-state index is 13.8. The molecule has 2 unspecified atom stereocenters. The molecule has 1 fully saturated rings. The summed E-state index contributed by atoms with van der Waals surface area (Å²) in [4.78, 5) is 52.7. The van der Waals surface area contributed by atoms with Gasteiger partial charge in [-0.15, -0.1) is 0 Å². The van der Waals surface area contributed by atoms with Crippen LogP contribution >= 0.6 is 11.8 Å². The molecular weight excluding hydrogens is 458 g/mol. The molecule has 0 aliphatic heterocycles. The van der Waals surface area contributed by atoms with E-state index in [4.69, 9.17) is 4.74 Å². The monoisotopic (exact) mass is 493 g/mol. The van der Waals surface area contributed by atoms with Crippen LogP contribution in [0.15, 0.2) is 30.3 Å². The van der Waals surface area contributed by atoms with Gasteiger partial charge in [0.05, 0.1) is 7.11 Å². The van der Waals surface area contributed by atoms with Gasteiger partial charge in [-0.05, 0) is 57.6 Å². The number of hydrogen-bond acceptors (Lipinski definition) is 7. The smallest absolute Gasteiger partial charge is 0.408 e. The molecule has 1 saturated carbocycles. The highest BCUT2D eigenvalue weighted by Gasteiger charge is 2.44. The summed E-state index contributed by atoms with van der Waals surface area (Å²) in [5.41, 5.74) is -0.0979. The number of methoxy groups -OCH3 is 1. The molecular formula is C24H35N3O6S. The number of nitrogens with one attached hydrogen (secondary N) is 2. The zero-order valence-corrected chi connectivity index (χ0v) is 21.3. The molecule has 2 N–H and O–H groups in total. The van der Waals surface area contributed by atoms with Crippen molar-refractivity contribution in [2.24, 2.45) is 0 Å². The van der Waals surface area contributed by atoms with Crippen LogP contribution in [-0.2, 0) is 23.9 Å². The molecule has 9 nitrogen and oxygen atoms in total. The normalized spacial score (nSPS) is 15.0. The van der Waals surface area contributed by atoms with E-state index in [0.29, 0.717) is 17.7 Å². The third kappa shape index (κ3) is 8.55. The highest BCUT2D eigenvalue weighted by atomic mass is 32.2. The van der Waals surface area contributed by atoms with Crippen molar-refractivity contribution in [2.45, 2.75) is 63.8 Å². The maximum atomic E-state index is 13.8. The quantitative estimate of drug-likeness (QED) is 0.456. The molecule has 0 heterocycles. The maximum Gasteiger partial charge on any atom is 0.408 e. The molecule has 0 spiro atoms. The average Bonchev–Trinajstić information content (AvgIpc) is 3.62. The van der Waals surface area contributed by atoms with Gasteiger partial charge in [0.1, 0.15) is 24.2 Å². The van der Waals surface area contributed by atoms with E-state index in [2.05, 4.69) is 15.4 Å². The van der Waals surface area contributed by atoms with Gasteiger partial charge in [-0.3, -0.25) is 14.4 Å². The molecule has 0 aromatic heterocycles. The standard InChI is InChI=1S/C24H35N3O6S/c1-24(2,3)33-23(31)26-18(13-14-34-5)22(30)27(17-11-12-17)20(16-9-7-6-8-10-16)21(29)25-15-19(28)32-4/h6-10,17-18,20H,11-15H2,1-5H3,(H,25,29)(H,26,31). The lowest BCUT2D eigenvalue weighted by molar-refractivity contribution is -0.145. The Morgan fingerprint density at radius 3 is 2.32 bits per heavy atom. The average molecular weight is 494 g/mol. The molecule has 0 bridgehead atoms. The Morgan fingerprint density at radius 1 is 1.15 bits per heavy atom. The van der Waals surface area contributed by atoms with E-state index in [9.17, 15) is 19.2 Å². The fourth-order valence-corrected chi connectivity index (χ4v) is 3.87. The first-order chi connectivity index (χ1) is 16.1. The van der Waals surface area contributed by atoms with Crippen LogP contribution in [0.1, 0.15) is 51.6 Å². The zero-order chi connectivity index (χ0) is 25.3. The molecule has 2 atom stereocenters. The highest BCUT2D eigenvalue weighted by Crippen LogP contribution is 2.35. The van der Waals surface area contributed by atoms with Crippen molar-refractivity contribution in [3.63, 3.8) is 0 Å². The molecule has 34 heavy (non-hydrogen) atoms. The van der Waals surface area contributed by atoms with Gasteiger partial charge < -0.3 is 25.0 Å². The lowest BCUT2D eigenvalue weighted by atomic mass is 10.0. The summed E-state index contributed by atoms with van der Waals surface area (Å²) < 4.78 is 9.99. The van der Waals surface area contributed by atoms with Crippen molar-refractivity contribution in [2.75, 3.05) is 25.7 Å². The zero-order valence-electron chi connectivity index (χ0n) is 20.5. The number of thioether (sulfide) groups is 1. The predicted octanol–water partition coefficient (Wildman–Crippen LogP) is 2.65. The van der Waals surface area contributed by atoms with Gasteiger partial charge in [0.15, 0.2) is 0 Å². The van der Waals surface area contributed by atoms with E-state index in [1.165, 1.54) is 7.11 Å². The van der Waals surface area contributed by atoms with E-state index < -0.39 is 35.7 Å². The molecule has 2 rings (SSSR count). The van der Waals surface area contributed by atoms with E-state index >= 15 is 0 Å². The number of carbonyl (C=O) groups excluding carboxylic acids is 4. The summed E-state index contributed by atoms with van der Waals surface area (Å²) in [5, 5.41) is 5.28. The molecule has 10 heteroatoms. The first kappa shape index (κ1) is 27.5. The summed E-state index contributed by atoms with van der Waals surface area (Å²) >= 11 is 1.55.